The van der Waals surface area contributed by atoms with E-state index in [-0.39, 0.29) is 18.4 Å². The Morgan fingerprint density at radius 1 is 1.13 bits per heavy atom. The monoisotopic (exact) mass is 311 g/mol. The summed E-state index contributed by atoms with van der Waals surface area (Å²) in [7, 11) is 0. The number of rotatable bonds is 6. The zero-order valence-corrected chi connectivity index (χ0v) is 13.5. The van der Waals surface area contributed by atoms with E-state index in [9.17, 15) is 9.59 Å². The van der Waals surface area contributed by atoms with Gasteiger partial charge in [0.15, 0.2) is 0 Å². The van der Waals surface area contributed by atoms with Crippen molar-refractivity contribution in [3.8, 4) is 0 Å². The van der Waals surface area contributed by atoms with Crippen LogP contribution < -0.4 is 5.32 Å². The first kappa shape index (κ1) is 16.7. The second-order valence-electron chi connectivity index (χ2n) is 5.29. The molecule has 0 radical (unpaired) electrons. The molecule has 0 unspecified atom stereocenters. The number of nitrogens with one attached hydrogen (secondary N) is 1. The molecule has 0 aliphatic carbocycles. The lowest BCUT2D eigenvalue weighted by atomic mass is 10.1. The molecule has 0 spiro atoms. The molecule has 1 aromatic carbocycles. The van der Waals surface area contributed by atoms with E-state index >= 15 is 0 Å². The maximum absolute atomic E-state index is 12.1. The van der Waals surface area contributed by atoms with Crippen molar-refractivity contribution in [1.82, 2.24) is 9.88 Å². The van der Waals surface area contributed by atoms with E-state index in [1.54, 1.807) is 6.20 Å². The maximum atomic E-state index is 12.1. The van der Waals surface area contributed by atoms with Crippen molar-refractivity contribution in [2.24, 2.45) is 0 Å². The number of pyridine rings is 1. The van der Waals surface area contributed by atoms with E-state index in [0.717, 1.165) is 17.8 Å². The Bertz CT molecular complexity index is 654. The Labute approximate surface area is 136 Å². The van der Waals surface area contributed by atoms with Crippen LogP contribution in [0.15, 0.2) is 48.7 Å². The number of carbonyl (C=O) groups excluding carboxylic acids is 2. The molecular weight excluding hydrogens is 290 g/mol. The second-order valence-corrected chi connectivity index (χ2v) is 5.29. The lowest BCUT2D eigenvalue weighted by Gasteiger charge is -2.20. The zero-order valence-electron chi connectivity index (χ0n) is 13.5. The number of hydrogen-bond donors (Lipinski definition) is 1. The quantitative estimate of drug-likeness (QED) is 0.892. The molecule has 1 aromatic heterocycles. The summed E-state index contributed by atoms with van der Waals surface area (Å²) in [5.41, 5.74) is 2.69. The van der Waals surface area contributed by atoms with Crippen molar-refractivity contribution in [3.05, 3.63) is 59.9 Å². The van der Waals surface area contributed by atoms with Crippen molar-refractivity contribution in [2.45, 2.75) is 26.8 Å². The van der Waals surface area contributed by atoms with Crippen molar-refractivity contribution in [2.75, 3.05) is 11.9 Å². The molecule has 0 atom stereocenters. The number of aryl methyl sites for hydroxylation is 1. The number of anilines is 1. The van der Waals surface area contributed by atoms with Gasteiger partial charge in [0.1, 0.15) is 6.54 Å². The highest BCUT2D eigenvalue weighted by Crippen LogP contribution is 2.10. The highest BCUT2D eigenvalue weighted by molar-refractivity contribution is 5.94. The molecule has 0 fully saturated rings. The van der Waals surface area contributed by atoms with Crippen LogP contribution in [0.3, 0.4) is 0 Å². The summed E-state index contributed by atoms with van der Waals surface area (Å²) in [6.45, 7) is 3.85. The fraction of sp³-hybridized carbons (Fsp3) is 0.278. The molecule has 2 aromatic rings. The van der Waals surface area contributed by atoms with Gasteiger partial charge in [0.2, 0.25) is 11.8 Å². The maximum Gasteiger partial charge on any atom is 0.244 e. The molecule has 2 amide bonds. The van der Waals surface area contributed by atoms with Crippen LogP contribution in [0.2, 0.25) is 0 Å². The van der Waals surface area contributed by atoms with Crippen molar-refractivity contribution >= 4 is 17.5 Å². The number of amides is 2. The van der Waals surface area contributed by atoms with Gasteiger partial charge in [-0.1, -0.05) is 25.1 Å². The van der Waals surface area contributed by atoms with Gasteiger partial charge >= 0.3 is 0 Å². The molecular formula is C18H21N3O2. The summed E-state index contributed by atoms with van der Waals surface area (Å²) in [6, 6.07) is 13.2. The minimum Gasteiger partial charge on any atom is -0.328 e. The van der Waals surface area contributed by atoms with Crippen LogP contribution in [0, 0.1) is 0 Å². The fourth-order valence-electron chi connectivity index (χ4n) is 2.16. The average Bonchev–Trinajstić information content (AvgIpc) is 2.56. The average molecular weight is 311 g/mol. The fourth-order valence-corrected chi connectivity index (χ4v) is 2.16. The molecule has 5 heteroatoms. The predicted molar refractivity (Wildman–Crippen MR) is 89.8 cm³/mol. The summed E-state index contributed by atoms with van der Waals surface area (Å²) in [4.78, 5) is 29.5. The molecule has 0 saturated carbocycles. The third-order valence-corrected chi connectivity index (χ3v) is 3.50. The van der Waals surface area contributed by atoms with Gasteiger partial charge in [0.05, 0.1) is 12.2 Å². The smallest absolute Gasteiger partial charge is 0.244 e. The number of aromatic nitrogens is 1. The normalized spacial score (nSPS) is 10.2. The first-order chi connectivity index (χ1) is 11.1. The summed E-state index contributed by atoms with van der Waals surface area (Å²) >= 11 is 0. The minimum atomic E-state index is -0.222. The van der Waals surface area contributed by atoms with Crippen LogP contribution in [0.1, 0.15) is 25.1 Å². The molecule has 120 valence electrons. The topological polar surface area (TPSA) is 62.3 Å². The lowest BCUT2D eigenvalue weighted by Crippen LogP contribution is -2.36. The van der Waals surface area contributed by atoms with Crippen molar-refractivity contribution in [3.63, 3.8) is 0 Å². The van der Waals surface area contributed by atoms with E-state index in [0.29, 0.717) is 6.54 Å². The Kier molecular flexibility index (Phi) is 5.86. The number of carbonyl (C=O) groups is 2. The Hall–Kier alpha value is -2.69. The third kappa shape index (κ3) is 5.21. The van der Waals surface area contributed by atoms with E-state index < -0.39 is 0 Å². The van der Waals surface area contributed by atoms with E-state index in [1.165, 1.54) is 17.4 Å². The SMILES string of the molecule is CCc1ccc(NC(=O)CN(Cc2ccccn2)C(C)=O)cc1. The molecule has 1 heterocycles. The molecule has 23 heavy (non-hydrogen) atoms. The van der Waals surface area contributed by atoms with Crippen LogP contribution in [0.25, 0.3) is 0 Å². The van der Waals surface area contributed by atoms with Crippen molar-refractivity contribution in [1.29, 1.82) is 0 Å². The van der Waals surface area contributed by atoms with Gasteiger partial charge in [-0.05, 0) is 36.2 Å². The van der Waals surface area contributed by atoms with Gasteiger partial charge in [-0.25, -0.2) is 0 Å². The second kappa shape index (κ2) is 8.08. The Morgan fingerprint density at radius 2 is 1.87 bits per heavy atom. The molecule has 0 bridgehead atoms. The molecule has 0 aliphatic rings. The van der Waals surface area contributed by atoms with Gasteiger partial charge in [-0.2, -0.15) is 0 Å². The van der Waals surface area contributed by atoms with Crippen LogP contribution >= 0.6 is 0 Å². The molecule has 5 nitrogen and oxygen atoms in total. The molecule has 0 aliphatic heterocycles. The molecule has 2 rings (SSSR count). The first-order valence-electron chi connectivity index (χ1n) is 7.62. The van der Waals surface area contributed by atoms with Gasteiger partial charge in [0, 0.05) is 18.8 Å². The first-order valence-corrected chi connectivity index (χ1v) is 7.62. The van der Waals surface area contributed by atoms with Crippen LogP contribution in [-0.2, 0) is 22.6 Å². The van der Waals surface area contributed by atoms with Crippen molar-refractivity contribution < 1.29 is 9.59 Å². The summed E-state index contributed by atoms with van der Waals surface area (Å²) in [5.74, 6) is -0.382. The third-order valence-electron chi connectivity index (χ3n) is 3.50. The van der Waals surface area contributed by atoms with E-state index in [4.69, 9.17) is 0 Å². The van der Waals surface area contributed by atoms with Gasteiger partial charge < -0.3 is 10.2 Å². The molecule has 0 saturated heterocycles. The van der Waals surface area contributed by atoms with E-state index in [1.807, 2.05) is 42.5 Å². The van der Waals surface area contributed by atoms with Crippen LogP contribution in [0.4, 0.5) is 5.69 Å². The lowest BCUT2D eigenvalue weighted by molar-refractivity contribution is -0.133. The zero-order chi connectivity index (χ0) is 16.7. The van der Waals surface area contributed by atoms with Gasteiger partial charge in [-0.15, -0.1) is 0 Å². The Balaban J connectivity index is 1.96. The molecule has 1 N–H and O–H groups in total. The standard InChI is InChI=1S/C18H21N3O2/c1-3-15-7-9-16(10-8-15)20-18(23)13-21(14(2)22)12-17-6-4-5-11-19-17/h4-11H,3,12-13H2,1-2H3,(H,20,23). The number of nitrogens with zero attached hydrogens (tertiary/aromatic N) is 2. The van der Waals surface area contributed by atoms with Gasteiger partial charge in [-0.3, -0.25) is 14.6 Å². The Morgan fingerprint density at radius 3 is 2.43 bits per heavy atom. The summed E-state index contributed by atoms with van der Waals surface area (Å²) < 4.78 is 0. The predicted octanol–water partition coefficient (Wildman–Crippen LogP) is 2.63. The summed E-state index contributed by atoms with van der Waals surface area (Å²) in [6.07, 6.45) is 2.62. The number of benzene rings is 1. The minimum absolute atomic E-state index is 0.00143. The highest BCUT2D eigenvalue weighted by Gasteiger charge is 2.14. The number of hydrogen-bond acceptors (Lipinski definition) is 3. The van der Waals surface area contributed by atoms with E-state index in [2.05, 4.69) is 17.2 Å². The van der Waals surface area contributed by atoms with Crippen LogP contribution in [0.5, 0.6) is 0 Å². The largest absolute Gasteiger partial charge is 0.328 e. The highest BCUT2D eigenvalue weighted by atomic mass is 16.2. The van der Waals surface area contributed by atoms with Crippen LogP contribution in [-0.4, -0.2) is 28.2 Å². The van der Waals surface area contributed by atoms with Gasteiger partial charge in [0.25, 0.3) is 0 Å². The summed E-state index contributed by atoms with van der Waals surface area (Å²) in [5, 5.41) is 2.81.